The van der Waals surface area contributed by atoms with Crippen LogP contribution in [0.5, 0.6) is 0 Å². The Morgan fingerprint density at radius 2 is 0.937 bits per heavy atom. The number of aliphatic carboxylic acids is 1. The van der Waals surface area contributed by atoms with E-state index in [9.17, 15) is 62.6 Å². The number of ketones is 1. The van der Waals surface area contributed by atoms with Gasteiger partial charge in [-0.05, 0) is 132 Å². The summed E-state index contributed by atoms with van der Waals surface area (Å²) in [6.07, 6.45) is 5.40. The van der Waals surface area contributed by atoms with Crippen molar-refractivity contribution in [2.24, 2.45) is 9.98 Å². The van der Waals surface area contributed by atoms with Crippen LogP contribution in [-0.4, -0.2) is 152 Å². The van der Waals surface area contributed by atoms with Gasteiger partial charge in [0.1, 0.15) is 51.6 Å². The summed E-state index contributed by atoms with van der Waals surface area (Å²) in [5, 5.41) is 40.0. The second kappa shape index (κ2) is 35.4. The Morgan fingerprint density at radius 1 is 0.523 bits per heavy atom. The number of aliphatic imine (C=N–C) groups is 2. The van der Waals surface area contributed by atoms with E-state index < -0.39 is 77.4 Å². The summed E-state index contributed by atoms with van der Waals surface area (Å²) in [6.45, 7) is 15.1. The van der Waals surface area contributed by atoms with E-state index in [0.717, 1.165) is 95.5 Å². The summed E-state index contributed by atoms with van der Waals surface area (Å²) < 4.78 is 3.97. The molecule has 0 saturated carbocycles. The number of benzene rings is 4. The standard InChI is InChI=1S/C39H38ClN7O6S.C20H23N3O5.C19H17ClN4O2S.2CH4/c1-20-21(2)54-39-32(20)34(23-11-13-25(40)14-12-23)42-28(35-45-44-22(3)46(35)39)19-26(48)9-5-4-6-17-41-31(50)18-24-8-7-10-27-33(24)38(53)47(37(27)52)29-15-16-30(49)43-36(29)51;1-2-3-4-10-21-16(25)11-12-6-5-7-13-17(12)20(28)23(19(13)27)14-8-9-15(24)22-18(14)26;1-9-10(2)27-19-16(9)17(12-4-6-13(20)7-5-12)21-14(8-15(25)26)18-23-22-11(3)24(18)19;;/h7-8,10-14,28-29H,4-6,9,15-19H2,1-3H3,(H,41,50)(H,43,49,51);5-7,14H,2-4,8-11H2,1H3,(H,21,25)(H,22,24,26);4-7,14H,8H2,1-3H3,(H,25,26);2*1H4/t28-,29?;;14-;;/m0.0../s1. The molecule has 4 aromatic heterocycles. The number of halogens is 2. The summed E-state index contributed by atoms with van der Waals surface area (Å²) in [5.41, 5.74) is 9.04. The molecule has 4 aromatic carbocycles. The van der Waals surface area contributed by atoms with E-state index in [-0.39, 0.29) is 106 Å². The lowest BCUT2D eigenvalue weighted by Crippen LogP contribution is -2.54. The number of unbranched alkanes of at least 4 members (excludes halogenated alkanes) is 4. The van der Waals surface area contributed by atoms with Crippen LogP contribution >= 0.6 is 45.9 Å². The van der Waals surface area contributed by atoms with Gasteiger partial charge in [-0.2, -0.15) is 0 Å². The van der Waals surface area contributed by atoms with Crippen molar-refractivity contribution < 1.29 is 62.6 Å². The molecule has 2 fully saturated rings. The zero-order chi connectivity index (χ0) is 77.8. The Hall–Kier alpha value is -10.9. The molecule has 5 N–H and O–H groups in total. The van der Waals surface area contributed by atoms with Crippen molar-refractivity contribution in [2.45, 2.75) is 184 Å². The highest BCUT2D eigenvalue weighted by Crippen LogP contribution is 2.43. The summed E-state index contributed by atoms with van der Waals surface area (Å²) in [4.78, 5) is 164. The smallest absolute Gasteiger partial charge is 0.306 e. The van der Waals surface area contributed by atoms with Gasteiger partial charge >= 0.3 is 5.97 Å². The molecule has 14 rings (SSSR count). The van der Waals surface area contributed by atoms with E-state index >= 15 is 0 Å². The minimum absolute atomic E-state index is 0. The number of aryl methyl sites for hydroxylation is 4. The van der Waals surface area contributed by atoms with E-state index in [2.05, 4.69) is 76.3 Å². The van der Waals surface area contributed by atoms with Crippen LogP contribution in [0.4, 0.5) is 0 Å². The summed E-state index contributed by atoms with van der Waals surface area (Å²) in [7, 11) is 0. The average molecular weight is 1590 g/mol. The average Bonchev–Trinajstić information content (AvgIpc) is 1.61. The molecular weight excluding hydrogens is 1500 g/mol. The molecule has 0 aliphatic carbocycles. The van der Waals surface area contributed by atoms with Crippen molar-refractivity contribution in [1.29, 1.82) is 0 Å². The normalized spacial score (nSPS) is 17.2. The lowest BCUT2D eigenvalue weighted by atomic mass is 9.99. The molecule has 31 heteroatoms. The number of amides is 10. The fraction of sp³-hybridized carbons (Fsp3) is 0.375. The van der Waals surface area contributed by atoms with Crippen LogP contribution in [0.2, 0.25) is 10.0 Å². The fourth-order valence-corrected chi connectivity index (χ4v) is 16.8. The highest BCUT2D eigenvalue weighted by molar-refractivity contribution is 7.15. The van der Waals surface area contributed by atoms with Crippen molar-refractivity contribution in [3.8, 4) is 10.0 Å². The number of hydrogen-bond acceptors (Lipinski definition) is 20. The molecule has 4 atom stereocenters. The molecule has 111 heavy (non-hydrogen) atoms. The van der Waals surface area contributed by atoms with Gasteiger partial charge in [-0.1, -0.05) is 113 Å². The van der Waals surface area contributed by atoms with Gasteiger partial charge in [-0.15, -0.1) is 43.1 Å². The van der Waals surface area contributed by atoms with Gasteiger partial charge in [0.25, 0.3) is 23.6 Å². The van der Waals surface area contributed by atoms with Crippen molar-refractivity contribution >= 4 is 128 Å². The van der Waals surface area contributed by atoms with E-state index in [1.54, 1.807) is 46.9 Å². The van der Waals surface area contributed by atoms with Crippen LogP contribution < -0.4 is 21.3 Å². The molecule has 10 heterocycles. The minimum atomic E-state index is -1.08. The van der Waals surface area contributed by atoms with Gasteiger partial charge in [0, 0.05) is 80.8 Å². The molecule has 8 aromatic rings. The SMILES string of the molecule is C.C.CCCCCNC(=O)Cc1cccc2c1C(=O)N(C1CCC(=O)NC1=O)C2=O.Cc1sc2c(c1C)C(c1ccc(Cl)cc1)=N[C@@H](CC(=O)CCCCCNC(=O)Cc1cccc3c1C(=O)N(C1CCC(=O)NC1=O)C3=O)c1nnc(C)n1-2.Cc1sc2c(c1C)C(c1ccc(Cl)cc1)=N[C@@H](CC(=O)O)c1nnc(C)n1-2. The molecule has 27 nitrogen and oxygen atoms in total. The van der Waals surface area contributed by atoms with E-state index in [0.29, 0.717) is 71.6 Å². The molecule has 10 amide bonds. The third kappa shape index (κ3) is 17.4. The van der Waals surface area contributed by atoms with Gasteiger partial charge in [-0.3, -0.25) is 97.1 Å². The topological polar surface area (TPSA) is 366 Å². The molecule has 580 valence electrons. The maximum atomic E-state index is 13.4. The monoisotopic (exact) mass is 1580 g/mol. The third-order valence-electron chi connectivity index (χ3n) is 19.9. The van der Waals surface area contributed by atoms with Crippen LogP contribution in [0.3, 0.4) is 0 Å². The van der Waals surface area contributed by atoms with Gasteiger partial charge < -0.3 is 15.7 Å². The van der Waals surface area contributed by atoms with E-state index in [1.807, 2.05) is 71.5 Å². The maximum Gasteiger partial charge on any atom is 0.306 e. The number of hydrogen-bond donors (Lipinski definition) is 5. The van der Waals surface area contributed by atoms with Crippen LogP contribution in [0, 0.1) is 41.5 Å². The van der Waals surface area contributed by atoms with Crippen molar-refractivity contribution in [2.75, 3.05) is 13.1 Å². The lowest BCUT2D eigenvalue weighted by Gasteiger charge is -2.27. The Kier molecular flexibility index (Phi) is 26.4. The number of fused-ring (bicyclic) bond motifs is 8. The maximum absolute atomic E-state index is 13.4. The van der Waals surface area contributed by atoms with Crippen LogP contribution in [-0.2, 0) is 51.2 Å². The molecule has 2 unspecified atom stereocenters. The Balaban J connectivity index is 0.000000193. The number of rotatable bonds is 22. The van der Waals surface area contributed by atoms with Crippen LogP contribution in [0.25, 0.3) is 10.0 Å². The van der Waals surface area contributed by atoms with Gasteiger partial charge in [0.15, 0.2) is 11.6 Å². The Bertz CT molecular complexity index is 5130. The number of aromatic nitrogens is 6. The highest BCUT2D eigenvalue weighted by Gasteiger charge is 2.48. The fourth-order valence-electron chi connectivity index (χ4n) is 14.1. The predicted octanol–water partition coefficient (Wildman–Crippen LogP) is 11.6. The number of carbonyl (C=O) groups is 12. The van der Waals surface area contributed by atoms with Crippen molar-refractivity contribution in [3.63, 3.8) is 0 Å². The number of thiophene rings is 2. The quantitative estimate of drug-likeness (QED) is 0.0311. The van der Waals surface area contributed by atoms with E-state index in [1.165, 1.54) is 21.9 Å². The molecule has 0 radical (unpaired) electrons. The number of nitrogens with one attached hydrogen (secondary N) is 4. The second-order valence-corrected chi connectivity index (χ2v) is 30.6. The second-order valence-electron chi connectivity index (χ2n) is 27.3. The first-order chi connectivity index (χ1) is 52.2. The number of carbonyl (C=O) groups excluding carboxylic acids is 11. The Morgan fingerprint density at radius 3 is 1.34 bits per heavy atom. The number of carboxylic acids is 1. The van der Waals surface area contributed by atoms with Gasteiger partial charge in [0.2, 0.25) is 35.4 Å². The molecular formula is C80H86Cl2N14O13S2. The predicted molar refractivity (Wildman–Crippen MR) is 420 cm³/mol. The number of carboxylic acid groups (broad SMARTS) is 1. The van der Waals surface area contributed by atoms with E-state index in [4.69, 9.17) is 33.2 Å². The number of Topliss-reactive ketones (excluding diaryl/α,β-unsaturated/α-hetero) is 1. The first kappa shape index (κ1) is 82.6. The molecule has 6 aliphatic rings. The van der Waals surface area contributed by atoms with Gasteiger partial charge in [-0.25, -0.2) is 0 Å². The highest BCUT2D eigenvalue weighted by atomic mass is 35.5. The van der Waals surface area contributed by atoms with Crippen LogP contribution in [0.15, 0.2) is 94.9 Å². The summed E-state index contributed by atoms with van der Waals surface area (Å²) >= 11 is 15.6. The largest absolute Gasteiger partial charge is 0.481 e. The summed E-state index contributed by atoms with van der Waals surface area (Å²) in [5.74, 6) is -3.41. The molecule has 0 spiro atoms. The lowest BCUT2D eigenvalue weighted by molar-refractivity contribution is -0.138. The molecule has 0 bridgehead atoms. The number of piperidine rings is 2. The number of imide groups is 4. The van der Waals surface area contributed by atoms with Crippen LogP contribution in [0.1, 0.15) is 236 Å². The first-order valence-electron chi connectivity index (χ1n) is 35.9. The Labute approximate surface area is 659 Å². The minimum Gasteiger partial charge on any atom is -0.481 e. The summed E-state index contributed by atoms with van der Waals surface area (Å²) in [6, 6.07) is 21.3. The zero-order valence-electron chi connectivity index (χ0n) is 60.8. The zero-order valence-corrected chi connectivity index (χ0v) is 63.9. The third-order valence-corrected chi connectivity index (χ3v) is 22.8. The first-order valence-corrected chi connectivity index (χ1v) is 38.3. The van der Waals surface area contributed by atoms with Crippen molar-refractivity contribution in [3.05, 3.63) is 195 Å². The molecule has 2 saturated heterocycles. The number of nitrogens with zero attached hydrogens (tertiary/aromatic N) is 10. The van der Waals surface area contributed by atoms with Gasteiger partial charge in [0.05, 0.1) is 52.9 Å². The molecule has 6 aliphatic heterocycles. The van der Waals surface area contributed by atoms with Crippen molar-refractivity contribution in [1.82, 2.24) is 60.6 Å².